The summed E-state index contributed by atoms with van der Waals surface area (Å²) < 4.78 is 28.6. The first kappa shape index (κ1) is 23.5. The van der Waals surface area contributed by atoms with Gasteiger partial charge in [0.25, 0.3) is 0 Å². The van der Waals surface area contributed by atoms with Gasteiger partial charge in [0.15, 0.2) is 0 Å². The van der Waals surface area contributed by atoms with E-state index < -0.39 is 15.9 Å². The molecule has 0 fully saturated rings. The summed E-state index contributed by atoms with van der Waals surface area (Å²) in [6.07, 6.45) is 0.747. The molecule has 1 amide bonds. The van der Waals surface area contributed by atoms with Crippen molar-refractivity contribution >= 4 is 49.1 Å². The fourth-order valence-electron chi connectivity index (χ4n) is 3.10. The summed E-state index contributed by atoms with van der Waals surface area (Å²) in [5.74, 6) is -0.423. The number of amides is 1. The number of carbonyl (C=O) groups is 1. The zero-order valence-electron chi connectivity index (χ0n) is 16.9. The summed E-state index contributed by atoms with van der Waals surface area (Å²) in [6, 6.07) is 20.8. The largest absolute Gasteiger partial charge is 0.325 e. The Balaban J connectivity index is 1.91. The molecule has 31 heavy (non-hydrogen) atoms. The van der Waals surface area contributed by atoms with Crippen LogP contribution < -0.4 is 5.32 Å². The normalized spacial score (nSPS) is 11.5. The second-order valence-electron chi connectivity index (χ2n) is 6.88. The second-order valence-corrected chi connectivity index (χ2v) is 10.1. The molecule has 3 aromatic carbocycles. The molecule has 0 aromatic heterocycles. The lowest BCUT2D eigenvalue weighted by Crippen LogP contribution is -2.37. The number of hydrogen-bond donors (Lipinski definition) is 1. The average Bonchev–Trinajstić information content (AvgIpc) is 2.75. The molecule has 8 heteroatoms. The quantitative estimate of drug-likeness (QED) is 0.426. The van der Waals surface area contributed by atoms with Crippen molar-refractivity contribution in [3.05, 3.63) is 93.4 Å². The monoisotopic (exact) mass is 520 g/mol. The van der Waals surface area contributed by atoms with Gasteiger partial charge in [-0.3, -0.25) is 4.79 Å². The minimum Gasteiger partial charge on any atom is -0.325 e. The molecule has 1 N–H and O–H groups in total. The van der Waals surface area contributed by atoms with Crippen LogP contribution in [-0.2, 0) is 27.8 Å². The van der Waals surface area contributed by atoms with Crippen molar-refractivity contribution in [1.82, 2.24) is 4.31 Å². The van der Waals surface area contributed by atoms with Crippen molar-refractivity contribution in [2.45, 2.75) is 24.8 Å². The first-order valence-electron chi connectivity index (χ1n) is 9.68. The summed E-state index contributed by atoms with van der Waals surface area (Å²) in [6.45, 7) is 1.62. The standard InChI is InChI=1S/C23H22BrClN2O3S/c1-2-17-7-4-6-10-22(17)26-23(28)16-27(15-18-8-3-5-9-21(18)25)31(29,30)20-13-11-19(24)12-14-20/h3-14H,2,15-16H2,1H3,(H,26,28). The van der Waals surface area contributed by atoms with Gasteiger partial charge in [-0.1, -0.05) is 70.9 Å². The molecular weight excluding hydrogens is 500 g/mol. The highest BCUT2D eigenvalue weighted by atomic mass is 79.9. The van der Waals surface area contributed by atoms with Crippen molar-refractivity contribution in [2.75, 3.05) is 11.9 Å². The van der Waals surface area contributed by atoms with Crippen LogP contribution in [0.4, 0.5) is 5.69 Å². The first-order chi connectivity index (χ1) is 14.8. The Hall–Kier alpha value is -2.19. The van der Waals surface area contributed by atoms with Gasteiger partial charge in [0.05, 0.1) is 11.4 Å². The van der Waals surface area contributed by atoms with Crippen molar-refractivity contribution in [3.8, 4) is 0 Å². The van der Waals surface area contributed by atoms with Gasteiger partial charge < -0.3 is 5.32 Å². The van der Waals surface area contributed by atoms with Gasteiger partial charge in [-0.2, -0.15) is 4.31 Å². The zero-order chi connectivity index (χ0) is 22.4. The van der Waals surface area contributed by atoms with Crippen molar-refractivity contribution in [3.63, 3.8) is 0 Å². The van der Waals surface area contributed by atoms with Crippen molar-refractivity contribution in [1.29, 1.82) is 0 Å². The third-order valence-electron chi connectivity index (χ3n) is 4.75. The fourth-order valence-corrected chi connectivity index (χ4v) is 4.93. The third-order valence-corrected chi connectivity index (χ3v) is 7.45. The molecule has 0 radical (unpaired) electrons. The number of halogens is 2. The van der Waals surface area contributed by atoms with E-state index in [4.69, 9.17) is 11.6 Å². The van der Waals surface area contributed by atoms with Crippen LogP contribution in [0.1, 0.15) is 18.1 Å². The average molecular weight is 522 g/mol. The predicted molar refractivity (Wildman–Crippen MR) is 128 cm³/mol. The molecule has 162 valence electrons. The molecule has 0 atom stereocenters. The number of aryl methyl sites for hydroxylation is 1. The number of carbonyl (C=O) groups excluding carboxylic acids is 1. The summed E-state index contributed by atoms with van der Waals surface area (Å²) in [5.41, 5.74) is 2.27. The van der Waals surface area contributed by atoms with Crippen molar-refractivity contribution in [2.24, 2.45) is 0 Å². The highest BCUT2D eigenvalue weighted by Gasteiger charge is 2.27. The Morgan fingerprint density at radius 3 is 2.23 bits per heavy atom. The molecule has 5 nitrogen and oxygen atoms in total. The summed E-state index contributed by atoms with van der Waals surface area (Å²) in [4.78, 5) is 12.9. The lowest BCUT2D eigenvalue weighted by atomic mass is 10.1. The molecule has 0 bridgehead atoms. The van der Waals surface area contributed by atoms with Crippen LogP contribution in [0, 0.1) is 0 Å². The maximum Gasteiger partial charge on any atom is 0.243 e. The molecule has 0 aliphatic rings. The highest BCUT2D eigenvalue weighted by Crippen LogP contribution is 2.24. The topological polar surface area (TPSA) is 66.5 Å². The zero-order valence-corrected chi connectivity index (χ0v) is 20.0. The minimum atomic E-state index is -3.94. The van der Waals surface area contributed by atoms with Crippen LogP contribution in [0.2, 0.25) is 5.02 Å². The molecule has 0 aliphatic heterocycles. The predicted octanol–water partition coefficient (Wildman–Crippen LogP) is 5.49. The summed E-state index contributed by atoms with van der Waals surface area (Å²) in [7, 11) is -3.94. The maximum absolute atomic E-state index is 13.4. The molecular formula is C23H22BrClN2O3S. The van der Waals surface area contributed by atoms with E-state index in [1.54, 1.807) is 42.5 Å². The van der Waals surface area contributed by atoms with Gasteiger partial charge in [-0.05, 0) is 53.9 Å². The number of benzene rings is 3. The smallest absolute Gasteiger partial charge is 0.243 e. The van der Waals surface area contributed by atoms with Crippen molar-refractivity contribution < 1.29 is 13.2 Å². The number of anilines is 1. The fraction of sp³-hybridized carbons (Fsp3) is 0.174. The van der Waals surface area contributed by atoms with E-state index in [0.717, 1.165) is 20.8 Å². The Morgan fingerprint density at radius 2 is 1.58 bits per heavy atom. The number of sulfonamides is 1. The Kier molecular flexibility index (Phi) is 7.89. The summed E-state index contributed by atoms with van der Waals surface area (Å²) in [5, 5.41) is 3.28. The molecule has 0 aliphatic carbocycles. The van der Waals surface area contributed by atoms with E-state index in [1.165, 1.54) is 12.1 Å². The Labute approximate surface area is 196 Å². The molecule has 0 heterocycles. The molecule has 0 saturated carbocycles. The van der Waals surface area contributed by atoms with E-state index in [0.29, 0.717) is 16.3 Å². The van der Waals surface area contributed by atoms with Gasteiger partial charge >= 0.3 is 0 Å². The molecule has 0 spiro atoms. The van der Waals surface area contributed by atoms with Gasteiger partial charge in [-0.15, -0.1) is 0 Å². The molecule has 3 aromatic rings. The van der Waals surface area contributed by atoms with Crippen LogP contribution in [-0.4, -0.2) is 25.2 Å². The van der Waals surface area contributed by atoms with Crippen LogP contribution in [0.5, 0.6) is 0 Å². The van der Waals surface area contributed by atoms with Gasteiger partial charge in [0, 0.05) is 21.7 Å². The lowest BCUT2D eigenvalue weighted by Gasteiger charge is -2.23. The van der Waals surface area contributed by atoms with E-state index in [1.807, 2.05) is 25.1 Å². The minimum absolute atomic E-state index is 0.0269. The Morgan fingerprint density at radius 1 is 0.968 bits per heavy atom. The molecule has 0 unspecified atom stereocenters. The SMILES string of the molecule is CCc1ccccc1NC(=O)CN(Cc1ccccc1Cl)S(=O)(=O)c1ccc(Br)cc1. The van der Waals surface area contributed by atoms with Gasteiger partial charge in [-0.25, -0.2) is 8.42 Å². The van der Waals surface area contributed by atoms with Crippen LogP contribution in [0.15, 0.2) is 82.2 Å². The van der Waals surface area contributed by atoms with Gasteiger partial charge in [0.2, 0.25) is 15.9 Å². The second kappa shape index (κ2) is 10.4. The van der Waals surface area contributed by atoms with E-state index in [-0.39, 0.29) is 18.0 Å². The van der Waals surface area contributed by atoms with Gasteiger partial charge in [0.1, 0.15) is 0 Å². The van der Waals surface area contributed by atoms with E-state index in [9.17, 15) is 13.2 Å². The van der Waals surface area contributed by atoms with Crippen LogP contribution in [0.25, 0.3) is 0 Å². The number of hydrogen-bond acceptors (Lipinski definition) is 3. The van der Waals surface area contributed by atoms with E-state index >= 15 is 0 Å². The Bertz CT molecular complexity index is 1170. The molecule has 0 saturated heterocycles. The first-order valence-corrected chi connectivity index (χ1v) is 12.3. The number of rotatable bonds is 8. The molecule has 3 rings (SSSR count). The maximum atomic E-state index is 13.4. The van der Waals surface area contributed by atoms with Crippen LogP contribution >= 0.6 is 27.5 Å². The third kappa shape index (κ3) is 5.95. The van der Waals surface area contributed by atoms with Crippen LogP contribution in [0.3, 0.4) is 0 Å². The number of nitrogens with zero attached hydrogens (tertiary/aromatic N) is 1. The summed E-state index contributed by atoms with van der Waals surface area (Å²) >= 11 is 9.58. The number of para-hydroxylation sites is 1. The lowest BCUT2D eigenvalue weighted by molar-refractivity contribution is -0.116. The number of nitrogens with one attached hydrogen (secondary N) is 1. The highest BCUT2D eigenvalue weighted by molar-refractivity contribution is 9.10. The van der Waals surface area contributed by atoms with E-state index in [2.05, 4.69) is 21.2 Å².